The Balaban J connectivity index is 1.62. The molecule has 196 valence electrons. The summed E-state index contributed by atoms with van der Waals surface area (Å²) in [6.45, 7) is 3.57. The van der Waals surface area contributed by atoms with Crippen molar-refractivity contribution in [3.05, 3.63) is 88.0 Å². The number of hydrogen-bond acceptors (Lipinski definition) is 5. The molecule has 11 heteroatoms. The minimum Gasteiger partial charge on any atom is -0.574 e. The van der Waals surface area contributed by atoms with E-state index >= 15 is 13.2 Å². The number of carbonyl (C=O) groups is 1. The zero-order valence-corrected chi connectivity index (χ0v) is 21.0. The first-order chi connectivity index (χ1) is 17.5. The molecule has 0 saturated heterocycles. The number of amides is 1. The molecule has 0 aromatic heterocycles. The minimum absolute atomic E-state index is 0.0316. The van der Waals surface area contributed by atoms with Crippen molar-refractivity contribution in [1.82, 2.24) is 4.72 Å². The summed E-state index contributed by atoms with van der Waals surface area (Å²) in [4.78, 5) is 12.1. The number of carbonyl (C=O) groups excluding carboxylic acids is 1. The quantitative estimate of drug-likeness (QED) is 0.214. The van der Waals surface area contributed by atoms with E-state index in [1.54, 1.807) is 13.0 Å². The highest BCUT2D eigenvalue weighted by molar-refractivity contribution is 7.90. The molecular formula is C26H26F4N4O2S. The highest BCUT2D eigenvalue weighted by Gasteiger charge is 2.36. The maximum absolute atomic E-state index is 15.2. The zero-order valence-electron chi connectivity index (χ0n) is 20.2. The summed E-state index contributed by atoms with van der Waals surface area (Å²) in [5, 5.41) is 2.40. The average molecular weight is 535 g/mol. The Labute approximate surface area is 215 Å². The molecule has 37 heavy (non-hydrogen) atoms. The standard InChI is InChI=1S/C26H26F4N4O2S/c1-14-7-8-19(18(27)11-14)32-24-17(25(31)35)13-16(22(29)23(24)30)12-15-5-3-6-20(21(15)28)33-37(36)34-26(2)9-4-10-26/h3,5-8,11,13,32-34H,4,9-10,12H2,1-2H3,(H2,31,35). The van der Waals surface area contributed by atoms with Crippen molar-refractivity contribution < 1.29 is 26.9 Å². The van der Waals surface area contributed by atoms with E-state index in [0.29, 0.717) is 5.56 Å². The van der Waals surface area contributed by atoms with E-state index in [-0.39, 0.29) is 28.0 Å². The van der Waals surface area contributed by atoms with E-state index < -0.39 is 58.4 Å². The van der Waals surface area contributed by atoms with Crippen LogP contribution in [0, 0.1) is 30.2 Å². The van der Waals surface area contributed by atoms with Crippen LogP contribution < -0.4 is 20.5 Å². The van der Waals surface area contributed by atoms with Crippen LogP contribution in [0.1, 0.15) is 53.2 Å². The second-order valence-corrected chi connectivity index (χ2v) is 10.3. The summed E-state index contributed by atoms with van der Waals surface area (Å²) in [7, 11) is 0. The van der Waals surface area contributed by atoms with Gasteiger partial charge in [0, 0.05) is 6.42 Å². The van der Waals surface area contributed by atoms with E-state index in [9.17, 15) is 13.7 Å². The molecule has 5 N–H and O–H groups in total. The summed E-state index contributed by atoms with van der Waals surface area (Å²) in [6.07, 6.45) is 2.27. The van der Waals surface area contributed by atoms with Gasteiger partial charge in [0.2, 0.25) is 0 Å². The Bertz CT molecular complexity index is 1350. The third kappa shape index (κ3) is 5.84. The number of benzene rings is 3. The molecule has 0 spiro atoms. The molecule has 1 unspecified atom stereocenters. The van der Waals surface area contributed by atoms with Gasteiger partial charge in [-0.05, 0) is 74.1 Å². The first-order valence-electron chi connectivity index (χ1n) is 11.5. The van der Waals surface area contributed by atoms with Gasteiger partial charge in [0.25, 0.3) is 5.91 Å². The summed E-state index contributed by atoms with van der Waals surface area (Å²) >= 11 is -1.77. The molecule has 1 aliphatic rings. The molecule has 3 aromatic rings. The Morgan fingerprint density at radius 2 is 1.76 bits per heavy atom. The van der Waals surface area contributed by atoms with Gasteiger partial charge in [-0.25, -0.2) is 17.6 Å². The fourth-order valence-electron chi connectivity index (χ4n) is 4.14. The number of rotatable bonds is 9. The Hall–Kier alpha value is -3.28. The normalized spacial score (nSPS) is 15.1. The topological polar surface area (TPSA) is 102 Å². The molecule has 6 nitrogen and oxygen atoms in total. The SMILES string of the molecule is Cc1ccc(Nc2c(C(N)=O)cc(Cc3cccc(N[S+]([O-])NC4(C)CCC4)c3F)c(F)c2F)c(F)c1. The lowest BCUT2D eigenvalue weighted by molar-refractivity contribution is 0.100. The lowest BCUT2D eigenvalue weighted by Crippen LogP contribution is -2.52. The van der Waals surface area contributed by atoms with Gasteiger partial charge in [-0.3, -0.25) is 4.79 Å². The van der Waals surface area contributed by atoms with Gasteiger partial charge in [-0.1, -0.05) is 18.2 Å². The highest BCUT2D eigenvalue weighted by atomic mass is 32.2. The molecule has 0 heterocycles. The van der Waals surface area contributed by atoms with E-state index in [1.165, 1.54) is 30.3 Å². The molecule has 0 bridgehead atoms. The molecule has 1 amide bonds. The largest absolute Gasteiger partial charge is 0.574 e. The van der Waals surface area contributed by atoms with Crippen LogP contribution in [0.15, 0.2) is 42.5 Å². The maximum atomic E-state index is 15.2. The fraction of sp³-hybridized carbons (Fsp3) is 0.269. The van der Waals surface area contributed by atoms with E-state index in [4.69, 9.17) is 5.73 Å². The van der Waals surface area contributed by atoms with Gasteiger partial charge in [-0.2, -0.15) is 4.72 Å². The van der Waals surface area contributed by atoms with Gasteiger partial charge < -0.3 is 15.6 Å². The van der Waals surface area contributed by atoms with Crippen LogP contribution in [0.3, 0.4) is 0 Å². The first kappa shape index (κ1) is 26.8. The highest BCUT2D eigenvalue weighted by Crippen LogP contribution is 2.33. The molecule has 1 atom stereocenters. The minimum atomic E-state index is -1.77. The third-order valence-corrected chi connectivity index (χ3v) is 7.47. The monoisotopic (exact) mass is 534 g/mol. The molecule has 0 aliphatic heterocycles. The Kier molecular flexibility index (Phi) is 7.67. The van der Waals surface area contributed by atoms with E-state index in [0.717, 1.165) is 25.3 Å². The van der Waals surface area contributed by atoms with Crippen LogP contribution >= 0.6 is 0 Å². The summed E-state index contributed by atoms with van der Waals surface area (Å²) < 4.78 is 77.6. The van der Waals surface area contributed by atoms with Crippen molar-refractivity contribution >= 4 is 34.5 Å². The number of anilines is 3. The third-order valence-electron chi connectivity index (χ3n) is 6.39. The number of primary amides is 1. The van der Waals surface area contributed by atoms with Crippen molar-refractivity contribution in [3.8, 4) is 0 Å². The summed E-state index contributed by atoms with van der Waals surface area (Å²) in [6, 6.07) is 9.27. The number of nitrogens with one attached hydrogen (secondary N) is 3. The van der Waals surface area contributed by atoms with Gasteiger partial charge in [0.05, 0.1) is 22.5 Å². The Morgan fingerprint density at radius 3 is 2.38 bits per heavy atom. The first-order valence-corrected chi connectivity index (χ1v) is 12.7. The van der Waals surface area contributed by atoms with Crippen LogP contribution in [0.2, 0.25) is 0 Å². The maximum Gasteiger partial charge on any atom is 0.250 e. The number of nitrogens with two attached hydrogens (primary N) is 1. The summed E-state index contributed by atoms with van der Waals surface area (Å²) in [5.41, 5.74) is 4.02. The second-order valence-electron chi connectivity index (χ2n) is 9.40. The van der Waals surface area contributed by atoms with E-state index in [2.05, 4.69) is 14.8 Å². The van der Waals surface area contributed by atoms with Crippen molar-refractivity contribution in [2.75, 3.05) is 10.0 Å². The molecule has 1 saturated carbocycles. The number of halogens is 4. The molecular weight excluding hydrogens is 508 g/mol. The van der Waals surface area contributed by atoms with Crippen LogP contribution in [-0.4, -0.2) is 16.0 Å². The predicted octanol–water partition coefficient (Wildman–Crippen LogP) is 5.51. The molecule has 0 radical (unpaired) electrons. The van der Waals surface area contributed by atoms with Crippen LogP contribution in [-0.2, 0) is 18.0 Å². The number of hydrogen-bond donors (Lipinski definition) is 4. The lowest BCUT2D eigenvalue weighted by atomic mass is 9.80. The second kappa shape index (κ2) is 10.6. The smallest absolute Gasteiger partial charge is 0.250 e. The van der Waals surface area contributed by atoms with Crippen LogP contribution in [0.5, 0.6) is 0 Å². The van der Waals surface area contributed by atoms with Crippen molar-refractivity contribution in [1.29, 1.82) is 0 Å². The summed E-state index contributed by atoms with van der Waals surface area (Å²) in [5.74, 6) is -5.43. The molecule has 1 aliphatic carbocycles. The molecule has 3 aromatic carbocycles. The van der Waals surface area contributed by atoms with Crippen LogP contribution in [0.4, 0.5) is 34.6 Å². The number of aryl methyl sites for hydroxylation is 1. The zero-order chi connectivity index (χ0) is 26.9. The Morgan fingerprint density at radius 1 is 1.03 bits per heavy atom. The van der Waals surface area contributed by atoms with E-state index in [1.807, 2.05) is 6.92 Å². The lowest BCUT2D eigenvalue weighted by Gasteiger charge is -2.37. The van der Waals surface area contributed by atoms with Crippen molar-refractivity contribution in [3.63, 3.8) is 0 Å². The van der Waals surface area contributed by atoms with Gasteiger partial charge in [0.1, 0.15) is 11.5 Å². The van der Waals surface area contributed by atoms with Gasteiger partial charge in [0.15, 0.2) is 29.0 Å². The average Bonchev–Trinajstić information content (AvgIpc) is 2.81. The fourth-order valence-corrected chi connectivity index (χ4v) is 5.20. The van der Waals surface area contributed by atoms with Crippen molar-refractivity contribution in [2.45, 2.75) is 45.1 Å². The van der Waals surface area contributed by atoms with Crippen molar-refractivity contribution in [2.24, 2.45) is 5.73 Å². The molecule has 4 rings (SSSR count). The van der Waals surface area contributed by atoms with Gasteiger partial charge in [-0.15, -0.1) is 4.72 Å². The predicted molar refractivity (Wildman–Crippen MR) is 136 cm³/mol. The van der Waals surface area contributed by atoms with Crippen LogP contribution in [0.25, 0.3) is 0 Å². The van der Waals surface area contributed by atoms with Gasteiger partial charge >= 0.3 is 0 Å². The molecule has 1 fully saturated rings.